The highest BCUT2D eigenvalue weighted by Gasteiger charge is 1.92. The largest absolute Gasteiger partial charge is 0.411 e. The number of hydrogen-bond acceptors (Lipinski definition) is 4. The zero-order valence-corrected chi connectivity index (χ0v) is 4.60. The Morgan fingerprint density at radius 2 is 2.33 bits per heavy atom. The molecule has 0 aliphatic rings. The lowest BCUT2D eigenvalue weighted by atomic mass is 10.4. The van der Waals surface area contributed by atoms with Crippen LogP contribution in [0.5, 0.6) is 0 Å². The van der Waals surface area contributed by atoms with Crippen LogP contribution in [-0.4, -0.2) is 29.2 Å². The fourth-order valence-electron chi connectivity index (χ4n) is 0.226. The van der Waals surface area contributed by atoms with Gasteiger partial charge in [-0.2, -0.15) is 0 Å². The molecule has 2 N–H and O–H groups in total. The first-order valence-electron chi connectivity index (χ1n) is 2.16. The molecule has 0 radical (unpaired) electrons. The van der Waals surface area contributed by atoms with Gasteiger partial charge in [-0.3, -0.25) is 0 Å². The van der Waals surface area contributed by atoms with Gasteiger partial charge in [-0.15, -0.1) is 0 Å². The third-order valence-corrected chi connectivity index (χ3v) is 0.640. The van der Waals surface area contributed by atoms with Gasteiger partial charge in [-0.05, 0) is 5.53 Å². The molecular weight excluding hydrogens is 124 g/mol. The molecule has 9 heavy (non-hydrogen) atoms. The van der Waals surface area contributed by atoms with Crippen molar-refractivity contribution < 1.29 is 10.3 Å². The van der Waals surface area contributed by atoms with E-state index in [0.29, 0.717) is 0 Å². The van der Waals surface area contributed by atoms with Gasteiger partial charge in [0.2, 0.25) is 0 Å². The molecule has 0 aromatic heterocycles. The molecule has 0 heterocycles. The molecule has 0 saturated heterocycles. The first-order chi connectivity index (χ1) is 4.35. The Bertz CT molecular complexity index is 148. The van der Waals surface area contributed by atoms with Crippen LogP contribution in [0, 0.1) is 0 Å². The van der Waals surface area contributed by atoms with Crippen molar-refractivity contribution >= 4 is 5.71 Å². The lowest BCUT2D eigenvalue weighted by Crippen LogP contribution is -2.07. The Hall–Kier alpha value is -1.26. The van der Waals surface area contributed by atoms with Gasteiger partial charge in [0.1, 0.15) is 0 Å². The van der Waals surface area contributed by atoms with E-state index >= 15 is 0 Å². The standard InChI is InChI=1S/C3H6N4O2/c4-7-5-1-3(2-8)6-9/h8-9H,1-2H2/b6-3+. The van der Waals surface area contributed by atoms with Crippen LogP contribution in [-0.2, 0) is 0 Å². The van der Waals surface area contributed by atoms with Crippen molar-refractivity contribution in [2.45, 2.75) is 0 Å². The second kappa shape index (κ2) is 4.89. The molecule has 0 amide bonds. The number of aliphatic hydroxyl groups excluding tert-OH is 1. The first kappa shape index (κ1) is 7.74. The van der Waals surface area contributed by atoms with Crippen molar-refractivity contribution in [2.24, 2.45) is 10.3 Å². The summed E-state index contributed by atoms with van der Waals surface area (Å²) in [6.45, 7) is -0.487. The van der Waals surface area contributed by atoms with Gasteiger partial charge in [-0.1, -0.05) is 10.3 Å². The summed E-state index contributed by atoms with van der Waals surface area (Å²) in [5.74, 6) is 0. The van der Waals surface area contributed by atoms with Crippen LogP contribution >= 0.6 is 0 Å². The van der Waals surface area contributed by atoms with Crippen molar-refractivity contribution in [3.8, 4) is 0 Å². The molecule has 0 atom stereocenters. The molecule has 0 aliphatic carbocycles. The highest BCUT2D eigenvalue weighted by Crippen LogP contribution is 1.77. The monoisotopic (exact) mass is 130 g/mol. The summed E-state index contributed by atoms with van der Waals surface area (Å²) in [4.78, 5) is 2.39. The molecule has 6 heteroatoms. The number of hydrogen-bond donors (Lipinski definition) is 2. The van der Waals surface area contributed by atoms with Crippen LogP contribution in [0.4, 0.5) is 0 Å². The maximum Gasteiger partial charge on any atom is 0.0882 e. The molecule has 6 nitrogen and oxygen atoms in total. The van der Waals surface area contributed by atoms with E-state index in [-0.39, 0.29) is 12.3 Å². The van der Waals surface area contributed by atoms with E-state index in [1.165, 1.54) is 0 Å². The summed E-state index contributed by atoms with van der Waals surface area (Å²) < 4.78 is 0. The van der Waals surface area contributed by atoms with E-state index < -0.39 is 6.61 Å². The minimum absolute atomic E-state index is 0.0489. The molecule has 0 aromatic carbocycles. The van der Waals surface area contributed by atoms with Crippen LogP contribution in [0.3, 0.4) is 0 Å². The third kappa shape index (κ3) is 3.33. The van der Waals surface area contributed by atoms with E-state index in [9.17, 15) is 0 Å². The van der Waals surface area contributed by atoms with Crippen molar-refractivity contribution in [3.63, 3.8) is 0 Å². The minimum Gasteiger partial charge on any atom is -0.411 e. The van der Waals surface area contributed by atoms with Crippen LogP contribution in [0.25, 0.3) is 10.4 Å². The van der Waals surface area contributed by atoms with Gasteiger partial charge >= 0.3 is 0 Å². The van der Waals surface area contributed by atoms with Crippen LogP contribution in [0.2, 0.25) is 0 Å². The second-order valence-electron chi connectivity index (χ2n) is 1.21. The predicted molar refractivity (Wildman–Crippen MR) is 30.3 cm³/mol. The van der Waals surface area contributed by atoms with Crippen LogP contribution in [0.1, 0.15) is 0 Å². The Kier molecular flexibility index (Phi) is 4.20. The molecule has 0 fully saturated rings. The smallest absolute Gasteiger partial charge is 0.0882 e. The summed E-state index contributed by atoms with van der Waals surface area (Å²) in [6, 6.07) is 0. The topological polar surface area (TPSA) is 102 Å². The third-order valence-electron chi connectivity index (χ3n) is 0.640. The highest BCUT2D eigenvalue weighted by atomic mass is 16.4. The van der Waals surface area contributed by atoms with Gasteiger partial charge in [0.05, 0.1) is 18.9 Å². The zero-order valence-electron chi connectivity index (χ0n) is 4.60. The average molecular weight is 130 g/mol. The summed E-state index contributed by atoms with van der Waals surface area (Å²) in [5.41, 5.74) is 7.80. The van der Waals surface area contributed by atoms with Gasteiger partial charge in [0, 0.05) is 4.91 Å². The average Bonchev–Trinajstić information content (AvgIpc) is 1.91. The van der Waals surface area contributed by atoms with Crippen molar-refractivity contribution in [1.82, 2.24) is 0 Å². The van der Waals surface area contributed by atoms with Crippen molar-refractivity contribution in [1.29, 1.82) is 0 Å². The molecule has 0 unspecified atom stereocenters. The number of azide groups is 1. The lowest BCUT2D eigenvalue weighted by Gasteiger charge is -1.89. The van der Waals surface area contributed by atoms with Crippen molar-refractivity contribution in [3.05, 3.63) is 10.4 Å². The first-order valence-corrected chi connectivity index (χ1v) is 2.16. The molecule has 50 valence electrons. The zero-order chi connectivity index (χ0) is 7.11. The summed E-state index contributed by atoms with van der Waals surface area (Å²) >= 11 is 0. The van der Waals surface area contributed by atoms with Crippen LogP contribution < -0.4 is 0 Å². The maximum absolute atomic E-state index is 8.28. The second-order valence-corrected chi connectivity index (χ2v) is 1.21. The summed E-state index contributed by atoms with van der Waals surface area (Å²) in [7, 11) is 0. The van der Waals surface area contributed by atoms with E-state index in [4.69, 9.17) is 15.8 Å². The molecule has 0 spiro atoms. The number of oxime groups is 1. The van der Waals surface area contributed by atoms with Gasteiger partial charge in [0.15, 0.2) is 0 Å². The Labute approximate surface area is 51.0 Å². The molecular formula is C3H6N4O2. The van der Waals surface area contributed by atoms with Gasteiger partial charge in [0.25, 0.3) is 0 Å². The SMILES string of the molecule is [N-]=[N+]=NC/C(CO)=N\O. The molecule has 0 rings (SSSR count). The quantitative estimate of drug-likeness (QED) is 0.141. The lowest BCUT2D eigenvalue weighted by molar-refractivity contribution is 0.301. The minimum atomic E-state index is -0.393. The summed E-state index contributed by atoms with van der Waals surface area (Å²) in [6.07, 6.45) is 0. The fourth-order valence-corrected chi connectivity index (χ4v) is 0.226. The normalized spacial score (nSPS) is 10.6. The van der Waals surface area contributed by atoms with Gasteiger partial charge < -0.3 is 10.3 Å². The van der Waals surface area contributed by atoms with Crippen molar-refractivity contribution in [2.75, 3.05) is 13.2 Å². The number of rotatable bonds is 3. The molecule has 0 aromatic rings. The predicted octanol–water partition coefficient (Wildman–Crippen LogP) is 0.119. The van der Waals surface area contributed by atoms with E-state index in [1.54, 1.807) is 0 Å². The molecule has 0 bridgehead atoms. The van der Waals surface area contributed by atoms with E-state index in [2.05, 4.69) is 15.2 Å². The molecule has 0 saturated carbocycles. The number of aliphatic hydroxyl groups is 1. The maximum atomic E-state index is 8.28. The van der Waals surface area contributed by atoms with E-state index in [0.717, 1.165) is 0 Å². The Morgan fingerprint density at radius 3 is 2.67 bits per heavy atom. The number of nitrogens with zero attached hydrogens (tertiary/aromatic N) is 4. The molecule has 0 aliphatic heterocycles. The highest BCUT2D eigenvalue weighted by molar-refractivity contribution is 5.86. The van der Waals surface area contributed by atoms with Gasteiger partial charge in [-0.25, -0.2) is 0 Å². The summed E-state index contributed by atoms with van der Waals surface area (Å²) in [5, 5.41) is 22.0. The Balaban J connectivity index is 3.71. The Morgan fingerprint density at radius 1 is 1.67 bits per heavy atom. The van der Waals surface area contributed by atoms with Crippen LogP contribution in [0.15, 0.2) is 10.3 Å². The van der Waals surface area contributed by atoms with E-state index in [1.807, 2.05) is 0 Å². The fraction of sp³-hybridized carbons (Fsp3) is 0.667.